The van der Waals surface area contributed by atoms with Crippen LogP contribution in [0.2, 0.25) is 5.02 Å². The van der Waals surface area contributed by atoms with Crippen molar-refractivity contribution in [2.75, 3.05) is 6.61 Å². The van der Waals surface area contributed by atoms with Crippen molar-refractivity contribution >= 4 is 27.4 Å². The number of nitrogens with zero attached hydrogens (tertiary/aromatic N) is 1. The van der Waals surface area contributed by atoms with Gasteiger partial charge in [-0.15, -0.1) is 0 Å². The van der Waals surface area contributed by atoms with Crippen LogP contribution in [0.5, 0.6) is 5.88 Å². The van der Waals surface area contributed by atoms with Crippen LogP contribution in [0.1, 0.15) is 25.7 Å². The molecule has 2 N–H and O–H groups in total. The van der Waals surface area contributed by atoms with Gasteiger partial charge in [0.1, 0.15) is 28.0 Å². The van der Waals surface area contributed by atoms with Crippen molar-refractivity contribution in [1.82, 2.24) is 4.98 Å². The van der Waals surface area contributed by atoms with Gasteiger partial charge in [0, 0.05) is 12.8 Å². The lowest BCUT2D eigenvalue weighted by molar-refractivity contribution is -0.123. The van der Waals surface area contributed by atoms with Crippen molar-refractivity contribution < 1.29 is 22.3 Å². The number of carbonyl (C=O) groups is 1. The van der Waals surface area contributed by atoms with Crippen LogP contribution < -0.4 is 9.88 Å². The Bertz CT molecular complexity index is 655. The smallest absolute Gasteiger partial charge is 0.239 e. The van der Waals surface area contributed by atoms with Crippen LogP contribution in [-0.4, -0.2) is 31.5 Å². The van der Waals surface area contributed by atoms with E-state index in [4.69, 9.17) is 21.5 Å². The van der Waals surface area contributed by atoms with Crippen LogP contribution in [0.3, 0.4) is 0 Å². The Morgan fingerprint density at radius 3 is 2.57 bits per heavy atom. The molecule has 0 amide bonds. The third-order valence-electron chi connectivity index (χ3n) is 3.28. The van der Waals surface area contributed by atoms with Gasteiger partial charge in [0.2, 0.25) is 15.9 Å². The molecular formula is C12H14ClFN2O4S. The maximum absolute atomic E-state index is 14.4. The summed E-state index contributed by atoms with van der Waals surface area (Å²) < 4.78 is 41.8. The molecule has 116 valence electrons. The Morgan fingerprint density at radius 2 is 2.05 bits per heavy atom. The first kappa shape index (κ1) is 16.1. The predicted molar refractivity (Wildman–Crippen MR) is 73.4 cm³/mol. The number of ketones is 1. The van der Waals surface area contributed by atoms with Crippen LogP contribution in [0, 0.1) is 0 Å². The minimum Gasteiger partial charge on any atom is -0.473 e. The molecule has 1 aromatic heterocycles. The van der Waals surface area contributed by atoms with Gasteiger partial charge in [-0.05, 0) is 18.9 Å². The van der Waals surface area contributed by atoms with Crippen molar-refractivity contribution in [3.05, 3.63) is 17.3 Å². The van der Waals surface area contributed by atoms with E-state index in [0.29, 0.717) is 0 Å². The number of primary sulfonamides is 1. The van der Waals surface area contributed by atoms with Gasteiger partial charge in [0.25, 0.3) is 0 Å². The van der Waals surface area contributed by atoms with Gasteiger partial charge in [-0.1, -0.05) is 11.6 Å². The zero-order valence-corrected chi connectivity index (χ0v) is 12.6. The first-order valence-electron chi connectivity index (χ1n) is 6.21. The quantitative estimate of drug-likeness (QED) is 0.900. The molecule has 21 heavy (non-hydrogen) atoms. The molecular weight excluding hydrogens is 323 g/mol. The van der Waals surface area contributed by atoms with Crippen LogP contribution in [-0.2, 0) is 14.8 Å². The summed E-state index contributed by atoms with van der Waals surface area (Å²) >= 11 is 5.84. The summed E-state index contributed by atoms with van der Waals surface area (Å²) in [5, 5.41) is 4.87. The first-order chi connectivity index (χ1) is 9.70. The number of ether oxygens (including phenoxy) is 1. The number of aromatic nitrogens is 1. The van der Waals surface area contributed by atoms with Crippen molar-refractivity contribution in [3.63, 3.8) is 0 Å². The van der Waals surface area contributed by atoms with Crippen LogP contribution in [0.4, 0.5) is 4.39 Å². The SMILES string of the molecule is NS(=O)(=O)c1cnc(OCC2(F)CCC(=O)CC2)c(Cl)c1. The minimum absolute atomic E-state index is 0.0388. The van der Waals surface area contributed by atoms with E-state index in [1.54, 1.807) is 0 Å². The number of pyridine rings is 1. The summed E-state index contributed by atoms with van der Waals surface area (Å²) in [5.41, 5.74) is -1.60. The second kappa shape index (κ2) is 5.86. The zero-order chi connectivity index (χ0) is 15.7. The summed E-state index contributed by atoms with van der Waals surface area (Å²) in [5.74, 6) is -0.0325. The number of carbonyl (C=O) groups excluding carboxylic acids is 1. The third kappa shape index (κ3) is 4.12. The molecule has 0 spiro atoms. The summed E-state index contributed by atoms with van der Waals surface area (Å²) in [6.45, 7) is -0.290. The fraction of sp³-hybridized carbons (Fsp3) is 0.500. The number of nitrogens with two attached hydrogens (primary N) is 1. The molecule has 0 aliphatic heterocycles. The van der Waals surface area contributed by atoms with Gasteiger partial charge < -0.3 is 4.74 Å². The fourth-order valence-electron chi connectivity index (χ4n) is 1.99. The molecule has 1 fully saturated rings. The maximum atomic E-state index is 14.4. The number of halogens is 2. The number of Topliss-reactive ketones (excluding diaryl/α,β-unsaturated/α-hetero) is 1. The second-order valence-corrected chi connectivity index (χ2v) is 6.95. The molecule has 2 rings (SSSR count). The predicted octanol–water partition coefficient (Wildman–Crippen LogP) is 1.61. The molecule has 1 aliphatic carbocycles. The number of sulfonamides is 1. The normalized spacial score (nSPS) is 18.5. The highest BCUT2D eigenvalue weighted by molar-refractivity contribution is 7.89. The van der Waals surface area contributed by atoms with E-state index < -0.39 is 15.7 Å². The average Bonchev–Trinajstić information content (AvgIpc) is 2.40. The minimum atomic E-state index is -3.91. The van der Waals surface area contributed by atoms with Crippen molar-refractivity contribution in [2.45, 2.75) is 36.2 Å². The Hall–Kier alpha value is -1.25. The molecule has 0 aromatic carbocycles. The van der Waals surface area contributed by atoms with E-state index in [1.807, 2.05) is 0 Å². The van der Waals surface area contributed by atoms with Crippen LogP contribution in [0.15, 0.2) is 17.2 Å². The first-order valence-corrected chi connectivity index (χ1v) is 8.14. The summed E-state index contributed by atoms with van der Waals surface area (Å²) in [6, 6.07) is 1.09. The molecule has 0 bridgehead atoms. The lowest BCUT2D eigenvalue weighted by Gasteiger charge is -2.28. The number of rotatable bonds is 4. The van der Waals surface area contributed by atoms with Crippen molar-refractivity contribution in [1.29, 1.82) is 0 Å². The fourth-order valence-corrected chi connectivity index (χ4v) is 2.76. The van der Waals surface area contributed by atoms with E-state index in [2.05, 4.69) is 4.98 Å². The summed E-state index contributed by atoms with van der Waals surface area (Å²) in [4.78, 5) is 14.6. The van der Waals surface area contributed by atoms with Crippen LogP contribution in [0.25, 0.3) is 0 Å². The molecule has 1 aliphatic rings. The van der Waals surface area contributed by atoms with E-state index in [-0.39, 0.29) is 53.9 Å². The van der Waals surface area contributed by atoms with E-state index in [1.165, 1.54) is 0 Å². The van der Waals surface area contributed by atoms with Gasteiger partial charge in [-0.2, -0.15) is 0 Å². The maximum Gasteiger partial charge on any atom is 0.239 e. The molecule has 0 atom stereocenters. The molecule has 0 radical (unpaired) electrons. The lowest BCUT2D eigenvalue weighted by atomic mass is 9.86. The monoisotopic (exact) mass is 336 g/mol. The van der Waals surface area contributed by atoms with E-state index in [0.717, 1.165) is 12.3 Å². The molecule has 1 heterocycles. The molecule has 6 nitrogen and oxygen atoms in total. The van der Waals surface area contributed by atoms with Gasteiger partial charge >= 0.3 is 0 Å². The Labute approximate surface area is 126 Å². The lowest BCUT2D eigenvalue weighted by Crippen LogP contribution is -2.36. The average molecular weight is 337 g/mol. The molecule has 9 heteroatoms. The largest absolute Gasteiger partial charge is 0.473 e. The van der Waals surface area contributed by atoms with Gasteiger partial charge in [0.05, 0.1) is 6.20 Å². The Morgan fingerprint density at radius 1 is 1.43 bits per heavy atom. The number of hydrogen-bond acceptors (Lipinski definition) is 5. The topological polar surface area (TPSA) is 99.4 Å². The van der Waals surface area contributed by atoms with E-state index >= 15 is 0 Å². The molecule has 0 saturated heterocycles. The Balaban J connectivity index is 2.05. The van der Waals surface area contributed by atoms with E-state index in [9.17, 15) is 17.6 Å². The highest BCUT2D eigenvalue weighted by Crippen LogP contribution is 2.32. The zero-order valence-electron chi connectivity index (χ0n) is 11.0. The second-order valence-electron chi connectivity index (χ2n) is 4.98. The third-order valence-corrected chi connectivity index (χ3v) is 4.43. The Kier molecular flexibility index (Phi) is 4.50. The number of hydrogen-bond donors (Lipinski definition) is 1. The molecule has 1 aromatic rings. The summed E-state index contributed by atoms with van der Waals surface area (Å²) in [7, 11) is -3.91. The van der Waals surface area contributed by atoms with Gasteiger partial charge in [-0.3, -0.25) is 4.79 Å². The highest BCUT2D eigenvalue weighted by Gasteiger charge is 2.35. The van der Waals surface area contributed by atoms with Gasteiger partial charge in [-0.25, -0.2) is 22.9 Å². The standard InChI is InChI=1S/C12H14ClFN2O4S/c13-10-5-9(21(15,18)19)6-16-11(10)20-7-12(14)3-1-8(17)2-4-12/h5-6H,1-4,7H2,(H2,15,18,19). The summed E-state index contributed by atoms with van der Waals surface area (Å²) in [6.07, 6.45) is 1.56. The number of alkyl halides is 1. The van der Waals surface area contributed by atoms with Crippen molar-refractivity contribution in [2.24, 2.45) is 5.14 Å². The molecule has 0 unspecified atom stereocenters. The highest BCUT2D eigenvalue weighted by atomic mass is 35.5. The molecule has 1 saturated carbocycles. The van der Waals surface area contributed by atoms with Gasteiger partial charge in [0.15, 0.2) is 0 Å². The van der Waals surface area contributed by atoms with Crippen LogP contribution >= 0.6 is 11.6 Å². The van der Waals surface area contributed by atoms with Crippen molar-refractivity contribution in [3.8, 4) is 5.88 Å².